The van der Waals surface area contributed by atoms with Gasteiger partial charge in [-0.1, -0.05) is 32.8 Å². The zero-order valence-corrected chi connectivity index (χ0v) is 8.55. The second kappa shape index (κ2) is 4.69. The maximum atomic E-state index is 3.85. The van der Waals surface area contributed by atoms with Crippen molar-refractivity contribution in [3.8, 4) is 0 Å². The molecule has 0 heteroatoms. The SMILES string of the molecule is C=CCC1CC(C)CCC1CC. The van der Waals surface area contributed by atoms with Crippen LogP contribution in [0, 0.1) is 17.8 Å². The third-order valence-electron chi connectivity index (χ3n) is 3.40. The normalized spacial score (nSPS) is 36.3. The number of hydrogen-bond acceptors (Lipinski definition) is 0. The Morgan fingerprint density at radius 3 is 2.67 bits per heavy atom. The third kappa shape index (κ3) is 2.36. The molecule has 3 unspecified atom stereocenters. The number of allylic oxidation sites excluding steroid dienone is 1. The summed E-state index contributed by atoms with van der Waals surface area (Å²) in [6.07, 6.45) is 9.05. The zero-order chi connectivity index (χ0) is 8.97. The van der Waals surface area contributed by atoms with Crippen molar-refractivity contribution in [2.45, 2.75) is 46.0 Å². The first-order valence-electron chi connectivity index (χ1n) is 5.38. The largest absolute Gasteiger partial charge is 0.103 e. The molecule has 0 heterocycles. The predicted molar refractivity (Wildman–Crippen MR) is 55.1 cm³/mol. The summed E-state index contributed by atoms with van der Waals surface area (Å²) < 4.78 is 0. The summed E-state index contributed by atoms with van der Waals surface area (Å²) >= 11 is 0. The van der Waals surface area contributed by atoms with Crippen LogP contribution in [0.3, 0.4) is 0 Å². The molecule has 0 spiro atoms. The Bertz CT molecular complexity index is 137. The monoisotopic (exact) mass is 166 g/mol. The highest BCUT2D eigenvalue weighted by Crippen LogP contribution is 2.37. The lowest BCUT2D eigenvalue weighted by atomic mass is 9.72. The topological polar surface area (TPSA) is 0 Å². The van der Waals surface area contributed by atoms with Crippen molar-refractivity contribution in [2.24, 2.45) is 17.8 Å². The minimum absolute atomic E-state index is 0.941. The minimum Gasteiger partial charge on any atom is -0.103 e. The van der Waals surface area contributed by atoms with E-state index in [2.05, 4.69) is 26.5 Å². The van der Waals surface area contributed by atoms with Gasteiger partial charge in [0.25, 0.3) is 0 Å². The van der Waals surface area contributed by atoms with Gasteiger partial charge in [-0.3, -0.25) is 0 Å². The van der Waals surface area contributed by atoms with Gasteiger partial charge in [-0.05, 0) is 37.0 Å². The fraction of sp³-hybridized carbons (Fsp3) is 0.833. The van der Waals surface area contributed by atoms with Gasteiger partial charge in [-0.25, -0.2) is 0 Å². The average molecular weight is 166 g/mol. The lowest BCUT2D eigenvalue weighted by molar-refractivity contribution is 0.185. The summed E-state index contributed by atoms with van der Waals surface area (Å²) in [5.41, 5.74) is 0. The van der Waals surface area contributed by atoms with E-state index < -0.39 is 0 Å². The predicted octanol–water partition coefficient (Wildman–Crippen LogP) is 4.02. The van der Waals surface area contributed by atoms with E-state index in [1.165, 1.54) is 32.1 Å². The second-order valence-corrected chi connectivity index (χ2v) is 4.37. The number of hydrogen-bond donors (Lipinski definition) is 0. The van der Waals surface area contributed by atoms with Crippen LogP contribution in [0.5, 0.6) is 0 Å². The molecule has 1 rings (SSSR count). The van der Waals surface area contributed by atoms with Crippen LogP contribution >= 0.6 is 0 Å². The van der Waals surface area contributed by atoms with Gasteiger partial charge in [-0.2, -0.15) is 0 Å². The van der Waals surface area contributed by atoms with Gasteiger partial charge in [0.1, 0.15) is 0 Å². The van der Waals surface area contributed by atoms with Crippen LogP contribution in [0.4, 0.5) is 0 Å². The Hall–Kier alpha value is -0.260. The van der Waals surface area contributed by atoms with Gasteiger partial charge in [0.05, 0.1) is 0 Å². The molecular weight excluding hydrogens is 144 g/mol. The number of rotatable bonds is 3. The Balaban J connectivity index is 2.45. The van der Waals surface area contributed by atoms with E-state index in [0.29, 0.717) is 0 Å². The van der Waals surface area contributed by atoms with Crippen molar-refractivity contribution in [1.29, 1.82) is 0 Å². The van der Waals surface area contributed by atoms with E-state index in [4.69, 9.17) is 0 Å². The quantitative estimate of drug-likeness (QED) is 0.555. The molecule has 12 heavy (non-hydrogen) atoms. The molecular formula is C12H22. The first-order valence-corrected chi connectivity index (χ1v) is 5.38. The smallest absolute Gasteiger partial charge is 0.0322 e. The summed E-state index contributed by atoms with van der Waals surface area (Å²) in [5, 5.41) is 0. The molecule has 1 aliphatic rings. The van der Waals surface area contributed by atoms with E-state index in [0.717, 1.165) is 17.8 Å². The van der Waals surface area contributed by atoms with Crippen molar-refractivity contribution in [3.05, 3.63) is 12.7 Å². The average Bonchev–Trinajstić information content (AvgIpc) is 2.05. The fourth-order valence-corrected chi connectivity index (χ4v) is 2.60. The third-order valence-corrected chi connectivity index (χ3v) is 3.40. The van der Waals surface area contributed by atoms with Crippen LogP contribution in [-0.2, 0) is 0 Å². The molecule has 0 aromatic heterocycles. The van der Waals surface area contributed by atoms with Crippen LogP contribution in [0.1, 0.15) is 46.0 Å². The molecule has 1 fully saturated rings. The Morgan fingerprint density at radius 1 is 1.33 bits per heavy atom. The molecule has 1 aliphatic carbocycles. The van der Waals surface area contributed by atoms with Gasteiger partial charge in [0.15, 0.2) is 0 Å². The molecule has 0 aromatic rings. The second-order valence-electron chi connectivity index (χ2n) is 4.37. The van der Waals surface area contributed by atoms with E-state index in [1.807, 2.05) is 0 Å². The lowest BCUT2D eigenvalue weighted by Gasteiger charge is -2.33. The van der Waals surface area contributed by atoms with Crippen molar-refractivity contribution in [1.82, 2.24) is 0 Å². The van der Waals surface area contributed by atoms with Crippen molar-refractivity contribution in [2.75, 3.05) is 0 Å². The highest BCUT2D eigenvalue weighted by atomic mass is 14.3. The fourth-order valence-electron chi connectivity index (χ4n) is 2.60. The Morgan fingerprint density at radius 2 is 2.08 bits per heavy atom. The molecule has 0 nitrogen and oxygen atoms in total. The molecule has 3 atom stereocenters. The highest BCUT2D eigenvalue weighted by molar-refractivity contribution is 4.83. The van der Waals surface area contributed by atoms with Crippen LogP contribution in [-0.4, -0.2) is 0 Å². The lowest BCUT2D eigenvalue weighted by Crippen LogP contribution is -2.22. The van der Waals surface area contributed by atoms with E-state index >= 15 is 0 Å². The minimum atomic E-state index is 0.941. The molecule has 0 N–H and O–H groups in total. The van der Waals surface area contributed by atoms with E-state index in [9.17, 15) is 0 Å². The summed E-state index contributed by atoms with van der Waals surface area (Å²) in [6.45, 7) is 8.57. The molecule has 0 aromatic carbocycles. The first-order chi connectivity index (χ1) is 5.77. The molecule has 70 valence electrons. The van der Waals surface area contributed by atoms with Gasteiger partial charge in [0.2, 0.25) is 0 Å². The summed E-state index contributed by atoms with van der Waals surface area (Å²) in [5.74, 6) is 2.88. The van der Waals surface area contributed by atoms with Crippen LogP contribution in [0.2, 0.25) is 0 Å². The maximum absolute atomic E-state index is 3.85. The molecule has 0 saturated heterocycles. The Labute approximate surface area is 77.1 Å². The molecule has 0 bridgehead atoms. The van der Waals surface area contributed by atoms with E-state index in [1.54, 1.807) is 0 Å². The standard InChI is InChI=1S/C12H22/c1-4-6-12-9-10(3)7-8-11(12)5-2/h4,10-12H,1,5-9H2,2-3H3. The summed E-state index contributed by atoms with van der Waals surface area (Å²) in [6, 6.07) is 0. The zero-order valence-electron chi connectivity index (χ0n) is 8.55. The summed E-state index contributed by atoms with van der Waals surface area (Å²) in [4.78, 5) is 0. The van der Waals surface area contributed by atoms with Gasteiger partial charge >= 0.3 is 0 Å². The van der Waals surface area contributed by atoms with Crippen molar-refractivity contribution >= 4 is 0 Å². The highest BCUT2D eigenvalue weighted by Gasteiger charge is 2.25. The van der Waals surface area contributed by atoms with E-state index in [-0.39, 0.29) is 0 Å². The van der Waals surface area contributed by atoms with Gasteiger partial charge in [0, 0.05) is 0 Å². The Kier molecular flexibility index (Phi) is 3.84. The van der Waals surface area contributed by atoms with Crippen LogP contribution in [0.25, 0.3) is 0 Å². The molecule has 1 saturated carbocycles. The first kappa shape index (κ1) is 9.83. The summed E-state index contributed by atoms with van der Waals surface area (Å²) in [7, 11) is 0. The van der Waals surface area contributed by atoms with Crippen LogP contribution < -0.4 is 0 Å². The maximum Gasteiger partial charge on any atom is -0.0322 e. The van der Waals surface area contributed by atoms with Crippen LogP contribution in [0.15, 0.2) is 12.7 Å². The van der Waals surface area contributed by atoms with Crippen molar-refractivity contribution in [3.63, 3.8) is 0 Å². The van der Waals surface area contributed by atoms with Gasteiger partial charge < -0.3 is 0 Å². The molecule has 0 amide bonds. The van der Waals surface area contributed by atoms with Crippen molar-refractivity contribution < 1.29 is 0 Å². The molecule has 0 radical (unpaired) electrons. The van der Waals surface area contributed by atoms with Gasteiger partial charge in [-0.15, -0.1) is 6.58 Å². The molecule has 0 aliphatic heterocycles.